The normalized spacial score (nSPS) is 13.8. The SMILES string of the molecule is CCOC(=O)c1cnc(N2CC(NC(=O)c3cnc4cc(OC(F)F)c(F)cc4c3)C2)o1. The molecule has 0 radical (unpaired) electrons. The third kappa shape index (κ3) is 4.43. The fourth-order valence-electron chi connectivity index (χ4n) is 3.14. The van der Waals surface area contributed by atoms with Gasteiger partial charge in [0.15, 0.2) is 11.6 Å². The third-order valence-corrected chi connectivity index (χ3v) is 4.67. The minimum atomic E-state index is -3.16. The number of anilines is 1. The van der Waals surface area contributed by atoms with Crippen LogP contribution >= 0.6 is 0 Å². The van der Waals surface area contributed by atoms with Gasteiger partial charge in [0.25, 0.3) is 11.9 Å². The molecule has 1 aliphatic heterocycles. The molecule has 0 unspecified atom stereocenters. The number of pyridine rings is 1. The lowest BCUT2D eigenvalue weighted by molar-refractivity contribution is -0.0520. The third-order valence-electron chi connectivity index (χ3n) is 4.67. The average molecular weight is 450 g/mol. The minimum absolute atomic E-state index is 0.00841. The van der Waals surface area contributed by atoms with Crippen molar-refractivity contribution >= 4 is 28.8 Å². The van der Waals surface area contributed by atoms with Crippen LogP contribution in [0.3, 0.4) is 0 Å². The van der Waals surface area contributed by atoms with E-state index in [0.29, 0.717) is 13.1 Å². The number of esters is 1. The second-order valence-electron chi connectivity index (χ2n) is 6.88. The zero-order valence-electron chi connectivity index (χ0n) is 16.7. The molecule has 0 spiro atoms. The number of amides is 1. The summed E-state index contributed by atoms with van der Waals surface area (Å²) in [4.78, 5) is 33.9. The number of alkyl halides is 2. The van der Waals surface area contributed by atoms with Crippen molar-refractivity contribution in [3.8, 4) is 5.75 Å². The van der Waals surface area contributed by atoms with Gasteiger partial charge in [-0.2, -0.15) is 8.78 Å². The molecule has 0 atom stereocenters. The van der Waals surface area contributed by atoms with Crippen LogP contribution in [-0.4, -0.2) is 54.2 Å². The fraction of sp³-hybridized carbons (Fsp3) is 0.300. The number of oxazole rings is 1. The quantitative estimate of drug-likeness (QED) is 0.548. The summed E-state index contributed by atoms with van der Waals surface area (Å²) in [5.74, 6) is -2.66. The van der Waals surface area contributed by atoms with Gasteiger partial charge in [-0.05, 0) is 19.1 Å². The molecule has 1 amide bonds. The van der Waals surface area contributed by atoms with E-state index in [1.807, 2.05) is 0 Å². The van der Waals surface area contributed by atoms with E-state index in [2.05, 4.69) is 20.0 Å². The molecule has 1 fully saturated rings. The van der Waals surface area contributed by atoms with E-state index in [-0.39, 0.29) is 40.9 Å². The van der Waals surface area contributed by atoms with Crippen molar-refractivity contribution in [1.29, 1.82) is 0 Å². The summed E-state index contributed by atoms with van der Waals surface area (Å²) in [7, 11) is 0. The number of fused-ring (bicyclic) bond motifs is 1. The Bertz CT molecular complexity index is 1160. The Morgan fingerprint density at radius 2 is 2.03 bits per heavy atom. The summed E-state index contributed by atoms with van der Waals surface area (Å²) >= 11 is 0. The van der Waals surface area contributed by atoms with E-state index in [1.54, 1.807) is 11.8 Å². The molecule has 0 aliphatic carbocycles. The van der Waals surface area contributed by atoms with Crippen molar-refractivity contribution in [1.82, 2.24) is 15.3 Å². The monoisotopic (exact) mass is 450 g/mol. The van der Waals surface area contributed by atoms with Gasteiger partial charge in [-0.15, -0.1) is 0 Å². The van der Waals surface area contributed by atoms with Crippen LogP contribution in [0.4, 0.5) is 19.2 Å². The van der Waals surface area contributed by atoms with Crippen LogP contribution in [0, 0.1) is 5.82 Å². The van der Waals surface area contributed by atoms with Gasteiger partial charge in [-0.25, -0.2) is 14.2 Å². The minimum Gasteiger partial charge on any atom is -0.460 e. The molecule has 0 saturated carbocycles. The number of benzene rings is 1. The van der Waals surface area contributed by atoms with E-state index in [4.69, 9.17) is 9.15 Å². The number of carbonyl (C=O) groups is 2. The Morgan fingerprint density at radius 1 is 1.25 bits per heavy atom. The lowest BCUT2D eigenvalue weighted by Gasteiger charge is -2.38. The molecular formula is C20H17F3N4O5. The fourth-order valence-corrected chi connectivity index (χ4v) is 3.14. The summed E-state index contributed by atoms with van der Waals surface area (Å²) in [5.41, 5.74) is 0.383. The highest BCUT2D eigenvalue weighted by atomic mass is 19.3. The van der Waals surface area contributed by atoms with Gasteiger partial charge in [-0.3, -0.25) is 9.78 Å². The van der Waals surface area contributed by atoms with Crippen LogP contribution in [0.25, 0.3) is 10.9 Å². The van der Waals surface area contributed by atoms with Gasteiger partial charge < -0.3 is 24.1 Å². The number of nitrogens with zero attached hydrogens (tertiary/aromatic N) is 3. The number of hydrogen-bond acceptors (Lipinski definition) is 8. The van der Waals surface area contributed by atoms with Crippen LogP contribution in [0.15, 0.2) is 35.0 Å². The first-order valence-corrected chi connectivity index (χ1v) is 9.57. The topological polar surface area (TPSA) is 107 Å². The van der Waals surface area contributed by atoms with E-state index in [1.165, 1.54) is 18.5 Å². The van der Waals surface area contributed by atoms with Crippen LogP contribution in [-0.2, 0) is 4.74 Å². The summed E-state index contributed by atoms with van der Waals surface area (Å²) in [6.45, 7) is -0.467. The van der Waals surface area contributed by atoms with Gasteiger partial charge >= 0.3 is 12.6 Å². The van der Waals surface area contributed by atoms with Gasteiger partial charge in [-0.1, -0.05) is 0 Å². The maximum atomic E-state index is 13.9. The molecular weight excluding hydrogens is 433 g/mol. The Balaban J connectivity index is 1.37. The summed E-state index contributed by atoms with van der Waals surface area (Å²) in [6, 6.07) is 3.45. The Labute approximate surface area is 179 Å². The van der Waals surface area contributed by atoms with E-state index in [0.717, 1.165) is 12.1 Å². The highest BCUT2D eigenvalue weighted by Crippen LogP contribution is 2.26. The van der Waals surface area contributed by atoms with E-state index in [9.17, 15) is 22.8 Å². The molecule has 0 bridgehead atoms. The zero-order valence-corrected chi connectivity index (χ0v) is 16.7. The van der Waals surface area contributed by atoms with Crippen molar-refractivity contribution in [2.75, 3.05) is 24.6 Å². The number of aromatic nitrogens is 2. The first kappa shape index (κ1) is 21.4. The molecule has 3 aromatic rings. The molecule has 32 heavy (non-hydrogen) atoms. The number of halogens is 3. The van der Waals surface area contributed by atoms with Crippen LogP contribution in [0.1, 0.15) is 27.8 Å². The summed E-state index contributed by atoms with van der Waals surface area (Å²) in [6.07, 6.45) is 2.54. The molecule has 12 heteroatoms. The number of ether oxygens (including phenoxy) is 2. The van der Waals surface area contributed by atoms with E-state index < -0.39 is 30.1 Å². The van der Waals surface area contributed by atoms with Crippen LogP contribution in [0.2, 0.25) is 0 Å². The molecule has 1 N–H and O–H groups in total. The van der Waals surface area contributed by atoms with Gasteiger partial charge in [0.1, 0.15) is 0 Å². The Hall–Kier alpha value is -3.83. The maximum absolute atomic E-state index is 13.9. The first-order chi connectivity index (χ1) is 15.3. The van der Waals surface area contributed by atoms with Crippen molar-refractivity contribution < 1.29 is 36.7 Å². The number of carbonyl (C=O) groups excluding carboxylic acids is 2. The van der Waals surface area contributed by atoms with Crippen LogP contribution < -0.4 is 15.0 Å². The van der Waals surface area contributed by atoms with Crippen molar-refractivity contribution in [2.45, 2.75) is 19.6 Å². The molecule has 168 valence electrons. The maximum Gasteiger partial charge on any atom is 0.387 e. The second-order valence-corrected chi connectivity index (χ2v) is 6.88. The largest absolute Gasteiger partial charge is 0.460 e. The molecule has 1 aliphatic rings. The summed E-state index contributed by atoms with van der Waals surface area (Å²) < 4.78 is 52.9. The van der Waals surface area contributed by atoms with Crippen molar-refractivity contribution in [3.63, 3.8) is 0 Å². The standard InChI is InChI=1S/C20H17F3N4O5/c1-2-30-18(29)16-7-25-20(32-16)27-8-12(9-27)26-17(28)11-3-10-4-13(21)15(31-19(22)23)5-14(10)24-6-11/h3-7,12,19H,2,8-9H2,1H3,(H,26,28). The van der Waals surface area contributed by atoms with Gasteiger partial charge in [0.2, 0.25) is 5.76 Å². The second kappa shape index (κ2) is 8.73. The smallest absolute Gasteiger partial charge is 0.387 e. The van der Waals surface area contributed by atoms with E-state index >= 15 is 0 Å². The number of rotatable bonds is 7. The molecule has 9 nitrogen and oxygen atoms in total. The number of hydrogen-bond donors (Lipinski definition) is 1. The summed E-state index contributed by atoms with van der Waals surface area (Å²) in [5, 5.41) is 3.06. The molecule has 4 rings (SSSR count). The highest BCUT2D eigenvalue weighted by Gasteiger charge is 2.32. The lowest BCUT2D eigenvalue weighted by atomic mass is 10.1. The zero-order chi connectivity index (χ0) is 22.8. The molecule has 1 aromatic carbocycles. The van der Waals surface area contributed by atoms with Gasteiger partial charge in [0, 0.05) is 30.7 Å². The van der Waals surface area contributed by atoms with Crippen molar-refractivity contribution in [3.05, 3.63) is 47.7 Å². The Kier molecular flexibility index (Phi) is 5.84. The highest BCUT2D eigenvalue weighted by molar-refractivity contribution is 5.97. The van der Waals surface area contributed by atoms with Crippen LogP contribution in [0.5, 0.6) is 5.75 Å². The molecule has 2 aromatic heterocycles. The Morgan fingerprint density at radius 3 is 2.75 bits per heavy atom. The first-order valence-electron chi connectivity index (χ1n) is 9.57. The number of nitrogens with one attached hydrogen (secondary N) is 1. The predicted molar refractivity (Wildman–Crippen MR) is 104 cm³/mol. The van der Waals surface area contributed by atoms with Crippen molar-refractivity contribution in [2.24, 2.45) is 0 Å². The predicted octanol–water partition coefficient (Wildman–Crippen LogP) is 2.76. The molecule has 1 saturated heterocycles. The molecule has 3 heterocycles. The average Bonchev–Trinajstić information content (AvgIpc) is 3.20. The lowest BCUT2D eigenvalue weighted by Crippen LogP contribution is -2.59. The van der Waals surface area contributed by atoms with Gasteiger partial charge in [0.05, 0.1) is 29.9 Å².